The first-order valence-electron chi connectivity index (χ1n) is 7.62. The minimum Gasteiger partial charge on any atom is -0.358 e. The van der Waals surface area contributed by atoms with Crippen molar-refractivity contribution in [3.05, 3.63) is 22.9 Å². The van der Waals surface area contributed by atoms with E-state index >= 15 is 0 Å². The van der Waals surface area contributed by atoms with Gasteiger partial charge in [-0.1, -0.05) is 0 Å². The van der Waals surface area contributed by atoms with Crippen molar-refractivity contribution in [1.29, 1.82) is 5.26 Å². The summed E-state index contributed by atoms with van der Waals surface area (Å²) >= 11 is 0. The van der Waals surface area contributed by atoms with Crippen LogP contribution in [0.1, 0.15) is 36.1 Å². The number of anilines is 1. The van der Waals surface area contributed by atoms with E-state index in [1.807, 2.05) is 0 Å². The molecular formula is C16H22N4. The maximum atomic E-state index is 9.38. The Hall–Kier alpha value is -1.60. The van der Waals surface area contributed by atoms with Gasteiger partial charge in [0.2, 0.25) is 0 Å². The summed E-state index contributed by atoms with van der Waals surface area (Å²) in [5.74, 6) is 1.59. The first-order valence-corrected chi connectivity index (χ1v) is 7.62. The maximum Gasteiger partial charge on any atom is 0.146 e. The Labute approximate surface area is 120 Å². The fourth-order valence-electron chi connectivity index (χ4n) is 3.37. The number of hydrogen-bond donors (Lipinski definition) is 1. The fourth-order valence-corrected chi connectivity index (χ4v) is 3.37. The van der Waals surface area contributed by atoms with Crippen LogP contribution in [0.15, 0.2) is 6.07 Å². The van der Waals surface area contributed by atoms with Gasteiger partial charge < -0.3 is 10.2 Å². The minimum atomic E-state index is 0.711. The van der Waals surface area contributed by atoms with Gasteiger partial charge in [-0.2, -0.15) is 5.26 Å². The topological polar surface area (TPSA) is 52.0 Å². The molecule has 1 fully saturated rings. The second kappa shape index (κ2) is 5.80. The van der Waals surface area contributed by atoms with Crippen LogP contribution >= 0.6 is 0 Å². The number of nitriles is 1. The normalized spacial score (nSPS) is 18.6. The van der Waals surface area contributed by atoms with Crippen molar-refractivity contribution in [3.8, 4) is 6.07 Å². The third-order valence-corrected chi connectivity index (χ3v) is 4.50. The standard InChI is InChI=1S/C16H22N4/c1-20(11-12-5-7-18-8-6-12)16-14(10-17)9-13-3-2-4-15(13)19-16/h9,12,18H,2-8,11H2,1H3. The van der Waals surface area contributed by atoms with Crippen molar-refractivity contribution >= 4 is 5.82 Å². The van der Waals surface area contributed by atoms with Crippen molar-refractivity contribution < 1.29 is 0 Å². The average molecular weight is 270 g/mol. The molecule has 1 aliphatic heterocycles. The molecule has 2 aliphatic rings. The van der Waals surface area contributed by atoms with Crippen LogP contribution in [-0.2, 0) is 12.8 Å². The predicted octanol–water partition coefficient (Wildman–Crippen LogP) is 1.88. The van der Waals surface area contributed by atoms with Crippen LogP contribution in [0.2, 0.25) is 0 Å². The molecule has 106 valence electrons. The Morgan fingerprint density at radius 2 is 2.20 bits per heavy atom. The first kappa shape index (κ1) is 13.4. The molecule has 0 radical (unpaired) electrons. The zero-order valence-electron chi connectivity index (χ0n) is 12.2. The van der Waals surface area contributed by atoms with E-state index in [1.165, 1.54) is 30.5 Å². The molecule has 0 amide bonds. The summed E-state index contributed by atoms with van der Waals surface area (Å²) in [5, 5.41) is 12.8. The molecule has 3 rings (SSSR count). The van der Waals surface area contributed by atoms with Gasteiger partial charge in [0.1, 0.15) is 11.9 Å². The zero-order chi connectivity index (χ0) is 13.9. The molecule has 0 unspecified atom stereocenters. The molecule has 0 saturated carbocycles. The minimum absolute atomic E-state index is 0.711. The first-order chi connectivity index (χ1) is 9.78. The lowest BCUT2D eigenvalue weighted by molar-refractivity contribution is 0.377. The molecule has 1 aromatic heterocycles. The second-order valence-electron chi connectivity index (χ2n) is 6.00. The lowest BCUT2D eigenvalue weighted by Crippen LogP contribution is -2.35. The third-order valence-electron chi connectivity index (χ3n) is 4.50. The second-order valence-corrected chi connectivity index (χ2v) is 6.00. The molecule has 4 nitrogen and oxygen atoms in total. The van der Waals surface area contributed by atoms with Gasteiger partial charge in [0.25, 0.3) is 0 Å². The highest BCUT2D eigenvalue weighted by molar-refractivity contribution is 5.56. The van der Waals surface area contributed by atoms with Crippen LogP contribution in [0.3, 0.4) is 0 Å². The molecule has 4 heteroatoms. The Kier molecular flexibility index (Phi) is 3.88. The number of hydrogen-bond acceptors (Lipinski definition) is 4. The molecule has 0 aromatic carbocycles. The summed E-state index contributed by atoms with van der Waals surface area (Å²) in [6.07, 6.45) is 5.76. The molecular weight excluding hydrogens is 248 g/mol. The molecule has 1 aromatic rings. The number of pyridine rings is 1. The number of piperidine rings is 1. The molecule has 0 bridgehead atoms. The molecule has 2 heterocycles. The van der Waals surface area contributed by atoms with Crippen molar-refractivity contribution in [2.75, 3.05) is 31.6 Å². The summed E-state index contributed by atoms with van der Waals surface area (Å²) in [6.45, 7) is 3.23. The number of rotatable bonds is 3. The molecule has 20 heavy (non-hydrogen) atoms. The van der Waals surface area contributed by atoms with Gasteiger partial charge in [0.05, 0.1) is 5.56 Å². The Balaban J connectivity index is 1.79. The van der Waals surface area contributed by atoms with E-state index in [4.69, 9.17) is 4.98 Å². The van der Waals surface area contributed by atoms with Crippen molar-refractivity contribution in [3.63, 3.8) is 0 Å². The van der Waals surface area contributed by atoms with E-state index in [0.29, 0.717) is 5.92 Å². The van der Waals surface area contributed by atoms with Gasteiger partial charge in [-0.3, -0.25) is 0 Å². The molecule has 0 atom stereocenters. The largest absolute Gasteiger partial charge is 0.358 e. The van der Waals surface area contributed by atoms with E-state index in [9.17, 15) is 5.26 Å². The third kappa shape index (κ3) is 2.64. The van der Waals surface area contributed by atoms with Gasteiger partial charge in [0, 0.05) is 19.3 Å². The van der Waals surface area contributed by atoms with E-state index in [-0.39, 0.29) is 0 Å². The summed E-state index contributed by atoms with van der Waals surface area (Å²) in [5.41, 5.74) is 3.22. The van der Waals surface area contributed by atoms with E-state index < -0.39 is 0 Å². The van der Waals surface area contributed by atoms with Crippen molar-refractivity contribution in [2.45, 2.75) is 32.1 Å². The zero-order valence-corrected chi connectivity index (χ0v) is 12.2. The number of fused-ring (bicyclic) bond motifs is 1. The summed E-state index contributed by atoms with van der Waals surface area (Å²) < 4.78 is 0. The Morgan fingerprint density at radius 3 is 2.95 bits per heavy atom. The van der Waals surface area contributed by atoms with Gasteiger partial charge in [0.15, 0.2) is 0 Å². The van der Waals surface area contributed by atoms with Crippen LogP contribution in [0, 0.1) is 17.2 Å². The number of aromatic nitrogens is 1. The number of aryl methyl sites for hydroxylation is 2. The van der Waals surface area contributed by atoms with Crippen LogP contribution in [0.4, 0.5) is 5.82 Å². The van der Waals surface area contributed by atoms with Crippen molar-refractivity contribution in [2.24, 2.45) is 5.92 Å². The van der Waals surface area contributed by atoms with Gasteiger partial charge >= 0.3 is 0 Å². The SMILES string of the molecule is CN(CC1CCNCC1)c1nc2c(cc1C#N)CCC2. The van der Waals surface area contributed by atoms with E-state index in [2.05, 4.69) is 29.4 Å². The van der Waals surface area contributed by atoms with E-state index in [0.717, 1.165) is 43.9 Å². The number of nitrogens with zero attached hydrogens (tertiary/aromatic N) is 3. The molecule has 1 saturated heterocycles. The highest BCUT2D eigenvalue weighted by atomic mass is 15.2. The highest BCUT2D eigenvalue weighted by Crippen LogP contribution is 2.27. The Morgan fingerprint density at radius 1 is 1.40 bits per heavy atom. The summed E-state index contributed by atoms with van der Waals surface area (Å²) in [7, 11) is 2.08. The molecule has 1 N–H and O–H groups in total. The van der Waals surface area contributed by atoms with E-state index in [1.54, 1.807) is 0 Å². The Bertz CT molecular complexity index is 526. The van der Waals surface area contributed by atoms with Crippen LogP contribution in [-0.4, -0.2) is 31.7 Å². The van der Waals surface area contributed by atoms with Crippen LogP contribution < -0.4 is 10.2 Å². The van der Waals surface area contributed by atoms with Crippen LogP contribution in [0.25, 0.3) is 0 Å². The van der Waals surface area contributed by atoms with Gasteiger partial charge in [-0.25, -0.2) is 4.98 Å². The highest BCUT2D eigenvalue weighted by Gasteiger charge is 2.21. The van der Waals surface area contributed by atoms with Gasteiger partial charge in [-0.15, -0.1) is 0 Å². The summed E-state index contributed by atoms with van der Waals surface area (Å²) in [4.78, 5) is 6.96. The lowest BCUT2D eigenvalue weighted by Gasteiger charge is -2.28. The lowest BCUT2D eigenvalue weighted by atomic mass is 9.97. The van der Waals surface area contributed by atoms with Crippen LogP contribution in [0.5, 0.6) is 0 Å². The molecule has 0 spiro atoms. The average Bonchev–Trinajstić information content (AvgIpc) is 2.94. The summed E-state index contributed by atoms with van der Waals surface area (Å²) in [6, 6.07) is 4.39. The molecule has 1 aliphatic carbocycles. The quantitative estimate of drug-likeness (QED) is 0.911. The smallest absolute Gasteiger partial charge is 0.146 e. The van der Waals surface area contributed by atoms with Crippen molar-refractivity contribution in [1.82, 2.24) is 10.3 Å². The monoisotopic (exact) mass is 270 g/mol. The fraction of sp³-hybridized carbons (Fsp3) is 0.625. The number of nitrogens with one attached hydrogen (secondary N) is 1. The predicted molar refractivity (Wildman–Crippen MR) is 79.8 cm³/mol. The maximum absolute atomic E-state index is 9.38. The van der Waals surface area contributed by atoms with Gasteiger partial charge in [-0.05, 0) is 62.7 Å².